The summed E-state index contributed by atoms with van der Waals surface area (Å²) in [5.74, 6) is -0.0967. The van der Waals surface area contributed by atoms with Crippen LogP contribution in [0.4, 0.5) is 0 Å². The van der Waals surface area contributed by atoms with E-state index in [2.05, 4.69) is 33.4 Å². The minimum atomic E-state index is -0.0967. The molecule has 6 nitrogen and oxygen atoms in total. The number of nitrogens with one attached hydrogen (secondary N) is 2. The molecule has 24 heavy (non-hydrogen) atoms. The van der Waals surface area contributed by atoms with Crippen LogP contribution in [0.5, 0.6) is 0 Å². The Bertz CT molecular complexity index is 891. The number of hydrogen-bond donors (Lipinski definition) is 2. The van der Waals surface area contributed by atoms with Crippen molar-refractivity contribution in [3.8, 4) is 10.6 Å². The van der Waals surface area contributed by atoms with E-state index in [0.717, 1.165) is 35.5 Å². The van der Waals surface area contributed by atoms with Crippen molar-refractivity contribution in [1.29, 1.82) is 0 Å². The van der Waals surface area contributed by atoms with Gasteiger partial charge in [0, 0.05) is 17.6 Å². The van der Waals surface area contributed by atoms with Gasteiger partial charge in [-0.05, 0) is 49.9 Å². The Balaban J connectivity index is 1.50. The first-order chi connectivity index (χ1) is 11.6. The maximum Gasteiger partial charge on any atom is 0.274 e. The minimum absolute atomic E-state index is 0.0967. The van der Waals surface area contributed by atoms with Crippen LogP contribution < -0.4 is 0 Å². The van der Waals surface area contributed by atoms with Crippen LogP contribution in [0, 0.1) is 6.92 Å². The predicted molar refractivity (Wildman–Crippen MR) is 93.0 cm³/mol. The lowest BCUT2D eigenvalue weighted by Crippen LogP contribution is -2.27. The van der Waals surface area contributed by atoms with Crippen LogP contribution in [0.1, 0.15) is 38.7 Å². The van der Waals surface area contributed by atoms with Gasteiger partial charge in [0.15, 0.2) is 5.69 Å². The molecule has 3 heterocycles. The first-order valence-electron chi connectivity index (χ1n) is 8.04. The highest BCUT2D eigenvalue weighted by molar-refractivity contribution is 7.15. The molecule has 1 aliphatic carbocycles. The van der Waals surface area contributed by atoms with E-state index in [1.165, 1.54) is 16.1 Å². The topological polar surface area (TPSA) is 77.7 Å². The van der Waals surface area contributed by atoms with Gasteiger partial charge < -0.3 is 4.90 Å². The van der Waals surface area contributed by atoms with Crippen LogP contribution in [0.2, 0.25) is 0 Å². The number of hydrogen-bond acceptors (Lipinski definition) is 4. The summed E-state index contributed by atoms with van der Waals surface area (Å²) in [5.41, 5.74) is 4.80. The lowest BCUT2D eigenvalue weighted by Gasteiger charge is -2.14. The number of aromatic amines is 2. The second kappa shape index (κ2) is 5.90. The number of carbonyl (C=O) groups excluding carboxylic acids is 1. The largest absolute Gasteiger partial charge is 0.334 e. The van der Waals surface area contributed by atoms with Crippen molar-refractivity contribution >= 4 is 17.2 Å². The Kier molecular flexibility index (Phi) is 3.72. The Labute approximate surface area is 143 Å². The third kappa shape index (κ3) is 2.65. The van der Waals surface area contributed by atoms with Crippen molar-refractivity contribution in [2.75, 3.05) is 7.05 Å². The van der Waals surface area contributed by atoms with E-state index in [1.807, 2.05) is 12.1 Å². The van der Waals surface area contributed by atoms with E-state index < -0.39 is 0 Å². The van der Waals surface area contributed by atoms with Crippen LogP contribution in [-0.2, 0) is 19.4 Å². The molecule has 0 saturated carbocycles. The molecule has 0 fully saturated rings. The van der Waals surface area contributed by atoms with Crippen LogP contribution in [0.3, 0.4) is 0 Å². The van der Waals surface area contributed by atoms with Gasteiger partial charge in [-0.15, -0.1) is 11.3 Å². The molecule has 4 rings (SSSR count). The van der Waals surface area contributed by atoms with Crippen molar-refractivity contribution in [2.45, 2.75) is 32.7 Å². The van der Waals surface area contributed by atoms with E-state index in [0.29, 0.717) is 12.2 Å². The average molecular weight is 341 g/mol. The fourth-order valence-electron chi connectivity index (χ4n) is 3.15. The van der Waals surface area contributed by atoms with Gasteiger partial charge in [-0.25, -0.2) is 0 Å². The summed E-state index contributed by atoms with van der Waals surface area (Å²) in [5, 5.41) is 14.6. The smallest absolute Gasteiger partial charge is 0.274 e. The molecule has 1 amide bonds. The quantitative estimate of drug-likeness (QED) is 0.766. The number of fused-ring (bicyclic) bond motifs is 1. The monoisotopic (exact) mass is 341 g/mol. The highest BCUT2D eigenvalue weighted by Crippen LogP contribution is 2.27. The summed E-state index contributed by atoms with van der Waals surface area (Å²) >= 11 is 1.68. The number of carbonyl (C=O) groups is 1. The molecule has 3 aromatic rings. The van der Waals surface area contributed by atoms with E-state index in [9.17, 15) is 4.79 Å². The zero-order valence-corrected chi connectivity index (χ0v) is 14.5. The summed E-state index contributed by atoms with van der Waals surface area (Å²) < 4.78 is 0. The number of nitrogens with zero attached hydrogens (tertiary/aromatic N) is 3. The molecule has 0 aromatic carbocycles. The Morgan fingerprint density at radius 3 is 2.96 bits per heavy atom. The van der Waals surface area contributed by atoms with Crippen LogP contribution in [0.25, 0.3) is 10.6 Å². The molecule has 0 saturated heterocycles. The molecule has 124 valence electrons. The van der Waals surface area contributed by atoms with Gasteiger partial charge in [0.1, 0.15) is 0 Å². The lowest BCUT2D eigenvalue weighted by molar-refractivity contribution is 0.0777. The van der Waals surface area contributed by atoms with Crippen molar-refractivity contribution in [1.82, 2.24) is 25.3 Å². The maximum absolute atomic E-state index is 12.6. The summed E-state index contributed by atoms with van der Waals surface area (Å²) in [6.45, 7) is 2.57. The molecule has 0 bridgehead atoms. The summed E-state index contributed by atoms with van der Waals surface area (Å²) in [6, 6.07) is 5.92. The first-order valence-corrected chi connectivity index (χ1v) is 8.86. The molecule has 0 aliphatic heterocycles. The van der Waals surface area contributed by atoms with Gasteiger partial charge in [0.05, 0.1) is 22.8 Å². The third-order valence-corrected chi connectivity index (χ3v) is 5.46. The predicted octanol–water partition coefficient (Wildman–Crippen LogP) is 2.93. The number of rotatable bonds is 4. The molecule has 0 atom stereocenters. The van der Waals surface area contributed by atoms with Gasteiger partial charge in [0.2, 0.25) is 0 Å². The molecule has 0 radical (unpaired) electrons. The molecule has 7 heteroatoms. The van der Waals surface area contributed by atoms with Crippen molar-refractivity contribution in [3.05, 3.63) is 45.7 Å². The van der Waals surface area contributed by atoms with E-state index in [1.54, 1.807) is 23.3 Å². The summed E-state index contributed by atoms with van der Waals surface area (Å²) in [7, 11) is 1.79. The second-order valence-electron chi connectivity index (χ2n) is 6.22. The van der Waals surface area contributed by atoms with E-state index in [-0.39, 0.29) is 5.91 Å². The van der Waals surface area contributed by atoms with E-state index >= 15 is 0 Å². The SMILES string of the molecule is Cc1ccc(-c2cc(C(=O)N(C)Cc3n[nH]c4c3CCC4)n[nH]2)s1. The van der Waals surface area contributed by atoms with Crippen molar-refractivity contribution in [3.63, 3.8) is 0 Å². The summed E-state index contributed by atoms with van der Waals surface area (Å²) in [6.07, 6.45) is 3.27. The standard InChI is InChI=1S/C17H19N5OS/c1-10-6-7-16(24-10)13-8-14(20-19-13)17(23)22(2)9-15-11-4-3-5-12(11)18-21-15/h6-8H,3-5,9H2,1-2H3,(H,18,21)(H,19,20). The molecule has 1 aliphatic rings. The zero-order valence-electron chi connectivity index (χ0n) is 13.7. The van der Waals surface area contributed by atoms with Crippen LogP contribution in [0.15, 0.2) is 18.2 Å². The fraction of sp³-hybridized carbons (Fsp3) is 0.353. The Morgan fingerprint density at radius 1 is 1.29 bits per heavy atom. The fourth-order valence-corrected chi connectivity index (χ4v) is 3.98. The lowest BCUT2D eigenvalue weighted by atomic mass is 10.2. The molecule has 3 aromatic heterocycles. The molecule has 0 spiro atoms. The van der Waals surface area contributed by atoms with Crippen molar-refractivity contribution < 1.29 is 4.79 Å². The molecular weight excluding hydrogens is 322 g/mol. The second-order valence-corrected chi connectivity index (χ2v) is 7.51. The number of thiophene rings is 1. The van der Waals surface area contributed by atoms with Gasteiger partial charge in [0.25, 0.3) is 5.91 Å². The Hall–Kier alpha value is -2.41. The normalized spacial score (nSPS) is 13.2. The molecule has 2 N–H and O–H groups in total. The summed E-state index contributed by atoms with van der Waals surface area (Å²) in [4.78, 5) is 16.6. The van der Waals surface area contributed by atoms with Gasteiger partial charge in [-0.3, -0.25) is 15.0 Å². The minimum Gasteiger partial charge on any atom is -0.334 e. The van der Waals surface area contributed by atoms with Crippen LogP contribution >= 0.6 is 11.3 Å². The van der Waals surface area contributed by atoms with Gasteiger partial charge in [-0.1, -0.05) is 0 Å². The number of H-pyrrole nitrogens is 2. The number of amides is 1. The van der Waals surface area contributed by atoms with E-state index in [4.69, 9.17) is 0 Å². The number of aryl methyl sites for hydroxylation is 2. The zero-order chi connectivity index (χ0) is 16.7. The van der Waals surface area contributed by atoms with Crippen molar-refractivity contribution in [2.24, 2.45) is 0 Å². The molecular formula is C17H19N5OS. The Morgan fingerprint density at radius 2 is 2.17 bits per heavy atom. The third-order valence-electron chi connectivity index (χ3n) is 4.43. The molecule has 0 unspecified atom stereocenters. The number of aromatic nitrogens is 4. The average Bonchev–Trinajstić information content (AvgIpc) is 3.31. The van der Waals surface area contributed by atoms with Gasteiger partial charge >= 0.3 is 0 Å². The first kappa shape index (κ1) is 15.1. The maximum atomic E-state index is 12.6. The van der Waals surface area contributed by atoms with Gasteiger partial charge in [-0.2, -0.15) is 10.2 Å². The van der Waals surface area contributed by atoms with Crippen LogP contribution in [-0.4, -0.2) is 38.2 Å². The highest BCUT2D eigenvalue weighted by atomic mass is 32.1. The highest BCUT2D eigenvalue weighted by Gasteiger charge is 2.22.